The van der Waals surface area contributed by atoms with Crippen LogP contribution in [-0.4, -0.2) is 54.9 Å². The molecule has 0 spiro atoms. The SMILES string of the molecule is COc1nc2c(-n3ccnc3)c(-c3n[nH]c(C(OC)C(F)F)n3)n(C)c2cc1Cl. The van der Waals surface area contributed by atoms with E-state index in [0.29, 0.717) is 27.4 Å². The number of methoxy groups -OCH3 is 2. The van der Waals surface area contributed by atoms with Gasteiger partial charge in [0.2, 0.25) is 5.88 Å². The summed E-state index contributed by atoms with van der Waals surface area (Å²) in [6.45, 7) is 0. The zero-order valence-corrected chi connectivity index (χ0v) is 16.4. The van der Waals surface area contributed by atoms with Gasteiger partial charge in [0, 0.05) is 26.6 Å². The first-order chi connectivity index (χ1) is 14.0. The number of imidazole rings is 1. The maximum Gasteiger partial charge on any atom is 0.271 e. The number of aromatic amines is 1. The fourth-order valence-corrected chi connectivity index (χ4v) is 3.38. The van der Waals surface area contributed by atoms with Crippen LogP contribution in [0.2, 0.25) is 5.02 Å². The van der Waals surface area contributed by atoms with E-state index in [9.17, 15) is 8.78 Å². The van der Waals surface area contributed by atoms with Gasteiger partial charge in [0.25, 0.3) is 6.43 Å². The Balaban J connectivity index is 1.99. The van der Waals surface area contributed by atoms with Gasteiger partial charge in [0.1, 0.15) is 21.9 Å². The van der Waals surface area contributed by atoms with E-state index in [1.165, 1.54) is 14.2 Å². The molecule has 152 valence electrons. The van der Waals surface area contributed by atoms with Crippen molar-refractivity contribution in [1.82, 2.24) is 34.3 Å². The van der Waals surface area contributed by atoms with Gasteiger partial charge in [0.15, 0.2) is 17.8 Å². The maximum absolute atomic E-state index is 13.2. The molecule has 4 aromatic rings. The molecule has 0 saturated heterocycles. The number of pyridine rings is 1. The first-order valence-electron chi connectivity index (χ1n) is 8.41. The normalized spacial score (nSPS) is 12.8. The van der Waals surface area contributed by atoms with E-state index in [0.717, 1.165) is 0 Å². The molecule has 4 aromatic heterocycles. The molecule has 0 amide bonds. The lowest BCUT2D eigenvalue weighted by atomic mass is 10.3. The number of H-pyrrole nitrogens is 1. The molecule has 0 bridgehead atoms. The van der Waals surface area contributed by atoms with Crippen LogP contribution in [0.1, 0.15) is 11.9 Å². The van der Waals surface area contributed by atoms with Crippen molar-refractivity contribution < 1.29 is 18.3 Å². The van der Waals surface area contributed by atoms with Crippen molar-refractivity contribution in [3.63, 3.8) is 0 Å². The molecule has 0 radical (unpaired) electrons. The summed E-state index contributed by atoms with van der Waals surface area (Å²) in [5.74, 6) is 0.371. The number of hydrogen-bond acceptors (Lipinski definition) is 6. The summed E-state index contributed by atoms with van der Waals surface area (Å²) in [5, 5.41) is 7.00. The third-order valence-electron chi connectivity index (χ3n) is 4.49. The molecule has 0 aliphatic heterocycles. The van der Waals surface area contributed by atoms with Gasteiger partial charge < -0.3 is 18.6 Å². The van der Waals surface area contributed by atoms with Gasteiger partial charge in [-0.15, -0.1) is 0 Å². The number of fused-ring (bicyclic) bond motifs is 1. The summed E-state index contributed by atoms with van der Waals surface area (Å²) in [5.41, 5.74) is 2.37. The Kier molecular flexibility index (Phi) is 4.92. The number of halogens is 3. The van der Waals surface area contributed by atoms with E-state index in [1.807, 2.05) is 0 Å². The highest BCUT2D eigenvalue weighted by atomic mass is 35.5. The van der Waals surface area contributed by atoms with Gasteiger partial charge in [-0.2, -0.15) is 5.10 Å². The monoisotopic (exact) mass is 423 g/mol. The molecule has 9 nitrogen and oxygen atoms in total. The molecule has 0 saturated carbocycles. The average molecular weight is 424 g/mol. The van der Waals surface area contributed by atoms with E-state index in [4.69, 9.17) is 21.1 Å². The van der Waals surface area contributed by atoms with E-state index in [1.54, 1.807) is 41.0 Å². The number of hydrogen-bond donors (Lipinski definition) is 1. The third kappa shape index (κ3) is 3.12. The van der Waals surface area contributed by atoms with Crippen molar-refractivity contribution >= 4 is 22.6 Å². The Labute approximate surface area is 168 Å². The van der Waals surface area contributed by atoms with E-state index in [-0.39, 0.29) is 17.5 Å². The zero-order valence-electron chi connectivity index (χ0n) is 15.6. The smallest absolute Gasteiger partial charge is 0.271 e. The van der Waals surface area contributed by atoms with Gasteiger partial charge in [-0.3, -0.25) is 5.10 Å². The van der Waals surface area contributed by atoms with Crippen LogP contribution in [0.15, 0.2) is 24.8 Å². The first kappa shape index (κ1) is 19.3. The second-order valence-corrected chi connectivity index (χ2v) is 6.52. The topological polar surface area (TPSA) is 95.7 Å². The summed E-state index contributed by atoms with van der Waals surface area (Å²) in [7, 11) is 4.43. The van der Waals surface area contributed by atoms with E-state index < -0.39 is 12.5 Å². The zero-order chi connectivity index (χ0) is 20.7. The van der Waals surface area contributed by atoms with Crippen LogP contribution in [0, 0.1) is 0 Å². The first-order valence-corrected chi connectivity index (χ1v) is 8.78. The van der Waals surface area contributed by atoms with Crippen LogP contribution in [-0.2, 0) is 11.8 Å². The molecule has 0 aliphatic carbocycles. The average Bonchev–Trinajstić information content (AvgIpc) is 3.42. The van der Waals surface area contributed by atoms with Gasteiger partial charge >= 0.3 is 0 Å². The number of nitrogens with zero attached hydrogens (tertiary/aromatic N) is 6. The molecule has 0 aliphatic rings. The Morgan fingerprint density at radius 1 is 1.24 bits per heavy atom. The molecule has 12 heteroatoms. The predicted octanol–water partition coefficient (Wildman–Crippen LogP) is 3.16. The van der Waals surface area contributed by atoms with Crippen LogP contribution in [0.3, 0.4) is 0 Å². The second-order valence-electron chi connectivity index (χ2n) is 6.11. The molecule has 4 heterocycles. The Morgan fingerprint density at radius 2 is 2.03 bits per heavy atom. The van der Waals surface area contributed by atoms with Crippen molar-refractivity contribution in [3.8, 4) is 23.1 Å². The quantitative estimate of drug-likeness (QED) is 0.512. The lowest BCUT2D eigenvalue weighted by Crippen LogP contribution is -2.13. The maximum atomic E-state index is 13.2. The predicted molar refractivity (Wildman–Crippen MR) is 101 cm³/mol. The number of aromatic nitrogens is 7. The van der Waals surface area contributed by atoms with Crippen molar-refractivity contribution in [2.24, 2.45) is 7.05 Å². The molecule has 0 aromatic carbocycles. The summed E-state index contributed by atoms with van der Waals surface area (Å²) in [6, 6.07) is 1.71. The molecule has 4 rings (SSSR count). The number of ether oxygens (including phenoxy) is 2. The summed E-state index contributed by atoms with van der Waals surface area (Å²) in [6.07, 6.45) is 0.649. The summed E-state index contributed by atoms with van der Waals surface area (Å²) < 4.78 is 40.0. The van der Waals surface area contributed by atoms with Crippen molar-refractivity contribution in [2.45, 2.75) is 12.5 Å². The standard InChI is InChI=1S/C17H16ClF2N7O2/c1-26-9-6-8(18)17(29-3)22-10(9)11(27-5-4-21-7-27)12(26)15-23-16(25-24-15)13(28-2)14(19)20/h4-7,13-14H,1-3H3,(H,23,24,25). The summed E-state index contributed by atoms with van der Waals surface area (Å²) in [4.78, 5) is 12.8. The lowest BCUT2D eigenvalue weighted by Gasteiger charge is -2.10. The highest BCUT2D eigenvalue weighted by Gasteiger charge is 2.29. The lowest BCUT2D eigenvalue weighted by molar-refractivity contribution is -0.0388. The minimum absolute atomic E-state index is 0.0806. The van der Waals surface area contributed by atoms with Gasteiger partial charge in [-0.25, -0.2) is 23.7 Å². The Morgan fingerprint density at radius 3 is 2.66 bits per heavy atom. The van der Waals surface area contributed by atoms with Gasteiger partial charge in [-0.05, 0) is 6.07 Å². The number of alkyl halides is 2. The van der Waals surface area contributed by atoms with E-state index >= 15 is 0 Å². The second kappa shape index (κ2) is 7.41. The fraction of sp³-hybridized carbons (Fsp3) is 0.294. The molecular weight excluding hydrogens is 408 g/mol. The van der Waals surface area contributed by atoms with Crippen molar-refractivity contribution in [3.05, 3.63) is 35.6 Å². The highest BCUT2D eigenvalue weighted by molar-refractivity contribution is 6.32. The van der Waals surface area contributed by atoms with Crippen LogP contribution in [0.4, 0.5) is 8.78 Å². The molecule has 0 fully saturated rings. The largest absolute Gasteiger partial charge is 0.480 e. The molecule has 1 atom stereocenters. The van der Waals surface area contributed by atoms with Gasteiger partial charge in [0.05, 0.1) is 19.0 Å². The number of rotatable bonds is 6. The molecule has 1 unspecified atom stereocenters. The number of nitrogens with one attached hydrogen (secondary N) is 1. The van der Waals surface area contributed by atoms with Crippen LogP contribution < -0.4 is 4.74 Å². The minimum atomic E-state index is -2.76. The Bertz CT molecular complexity index is 1160. The van der Waals surface area contributed by atoms with Crippen molar-refractivity contribution in [2.75, 3.05) is 14.2 Å². The van der Waals surface area contributed by atoms with Crippen LogP contribution >= 0.6 is 11.6 Å². The molecular formula is C17H16ClF2N7O2. The number of aryl methyl sites for hydroxylation is 1. The third-order valence-corrected chi connectivity index (χ3v) is 4.76. The van der Waals surface area contributed by atoms with Crippen LogP contribution in [0.25, 0.3) is 28.2 Å². The fourth-order valence-electron chi connectivity index (χ4n) is 3.16. The molecule has 29 heavy (non-hydrogen) atoms. The Hall–Kier alpha value is -3.05. The highest BCUT2D eigenvalue weighted by Crippen LogP contribution is 2.37. The minimum Gasteiger partial charge on any atom is -0.480 e. The van der Waals surface area contributed by atoms with Crippen LogP contribution in [0.5, 0.6) is 5.88 Å². The molecule has 1 N–H and O–H groups in total. The van der Waals surface area contributed by atoms with Crippen molar-refractivity contribution in [1.29, 1.82) is 0 Å². The van der Waals surface area contributed by atoms with Gasteiger partial charge in [-0.1, -0.05) is 11.6 Å². The summed E-state index contributed by atoms with van der Waals surface area (Å²) >= 11 is 6.25. The van der Waals surface area contributed by atoms with E-state index in [2.05, 4.69) is 25.1 Å².